The van der Waals surface area contributed by atoms with Crippen LogP contribution in [0.15, 0.2) is 76.8 Å². The number of hydrogen-bond donors (Lipinski definition) is 2. The van der Waals surface area contributed by atoms with E-state index in [0.29, 0.717) is 5.02 Å². The van der Waals surface area contributed by atoms with Crippen molar-refractivity contribution >= 4 is 52.7 Å². The summed E-state index contributed by atoms with van der Waals surface area (Å²) < 4.78 is 0. The summed E-state index contributed by atoms with van der Waals surface area (Å²) >= 11 is 7.62. The number of rotatable bonds is 7. The first-order valence-corrected chi connectivity index (χ1v) is 10.6. The van der Waals surface area contributed by atoms with E-state index >= 15 is 0 Å². The van der Waals surface area contributed by atoms with Crippen molar-refractivity contribution < 1.29 is 9.59 Å². The van der Waals surface area contributed by atoms with Crippen molar-refractivity contribution in [3.05, 3.63) is 92.8 Å². The van der Waals surface area contributed by atoms with Gasteiger partial charge in [-0.3, -0.25) is 9.59 Å². The minimum atomic E-state index is -0.551. The first-order chi connectivity index (χ1) is 14.9. The van der Waals surface area contributed by atoms with Gasteiger partial charge >= 0.3 is 0 Å². The van der Waals surface area contributed by atoms with Crippen LogP contribution >= 0.6 is 22.9 Å². The van der Waals surface area contributed by atoms with E-state index in [1.54, 1.807) is 36.6 Å². The average molecular weight is 453 g/mol. The van der Waals surface area contributed by atoms with Gasteiger partial charge in [0.2, 0.25) is 0 Å². The van der Waals surface area contributed by atoms with Crippen molar-refractivity contribution in [2.45, 2.75) is 0 Å². The first kappa shape index (κ1) is 22.3. The molecular weight excluding hydrogens is 432 g/mol. The molecule has 0 radical (unpaired) electrons. The van der Waals surface area contributed by atoms with E-state index in [0.717, 1.165) is 16.1 Å². The van der Waals surface area contributed by atoms with Crippen molar-refractivity contribution in [2.75, 3.05) is 19.0 Å². The molecule has 0 atom stereocenters. The van der Waals surface area contributed by atoms with Crippen molar-refractivity contribution in [1.82, 2.24) is 10.7 Å². The molecule has 0 aliphatic carbocycles. The molecule has 3 rings (SSSR count). The highest BCUT2D eigenvalue weighted by Gasteiger charge is 2.16. The third kappa shape index (κ3) is 6.28. The summed E-state index contributed by atoms with van der Waals surface area (Å²) in [6.07, 6.45) is 3.13. The summed E-state index contributed by atoms with van der Waals surface area (Å²) in [7, 11) is 3.89. The monoisotopic (exact) mass is 452 g/mol. The van der Waals surface area contributed by atoms with E-state index in [9.17, 15) is 9.59 Å². The van der Waals surface area contributed by atoms with Gasteiger partial charge in [0.1, 0.15) is 5.70 Å². The van der Waals surface area contributed by atoms with Crippen LogP contribution in [0.25, 0.3) is 6.08 Å². The fourth-order valence-corrected chi connectivity index (χ4v) is 3.41. The largest absolute Gasteiger partial charge is 0.378 e. The van der Waals surface area contributed by atoms with Crippen LogP contribution in [0.4, 0.5) is 5.69 Å². The molecule has 0 saturated carbocycles. The van der Waals surface area contributed by atoms with Gasteiger partial charge in [-0.05, 0) is 47.4 Å². The second-order valence-corrected chi connectivity index (χ2v) is 8.08. The molecule has 2 N–H and O–H groups in total. The van der Waals surface area contributed by atoms with Gasteiger partial charge in [-0.1, -0.05) is 41.9 Å². The fourth-order valence-electron chi connectivity index (χ4n) is 2.61. The average Bonchev–Trinajstić information content (AvgIpc) is 3.27. The molecule has 0 aliphatic heterocycles. The zero-order valence-electron chi connectivity index (χ0n) is 17.0. The smallest absolute Gasteiger partial charge is 0.287 e. The number of halogens is 1. The van der Waals surface area contributed by atoms with E-state index in [2.05, 4.69) is 15.8 Å². The summed E-state index contributed by atoms with van der Waals surface area (Å²) in [5.41, 5.74) is 4.54. The van der Waals surface area contributed by atoms with Crippen LogP contribution in [0.5, 0.6) is 0 Å². The number of nitrogens with zero attached hydrogens (tertiary/aromatic N) is 2. The number of anilines is 1. The summed E-state index contributed by atoms with van der Waals surface area (Å²) in [5, 5.41) is 8.83. The Hall–Kier alpha value is -3.42. The van der Waals surface area contributed by atoms with Gasteiger partial charge in [-0.25, -0.2) is 5.43 Å². The molecule has 1 heterocycles. The maximum absolute atomic E-state index is 12.8. The number of hydrogen-bond acceptors (Lipinski definition) is 5. The van der Waals surface area contributed by atoms with Gasteiger partial charge in [0.25, 0.3) is 11.8 Å². The maximum atomic E-state index is 12.8. The van der Waals surface area contributed by atoms with Crippen LogP contribution in [0.3, 0.4) is 0 Å². The molecule has 0 spiro atoms. The summed E-state index contributed by atoms with van der Waals surface area (Å²) in [6, 6.07) is 18.0. The number of carbonyl (C=O) groups excluding carboxylic acids is 2. The fraction of sp³-hybridized carbons (Fsp3) is 0.0870. The molecule has 0 unspecified atom stereocenters. The number of amides is 2. The minimum absolute atomic E-state index is 0.0471. The lowest BCUT2D eigenvalue weighted by atomic mass is 10.1. The van der Waals surface area contributed by atoms with E-state index < -0.39 is 11.8 Å². The van der Waals surface area contributed by atoms with E-state index in [1.807, 2.05) is 60.8 Å². The molecule has 0 saturated heterocycles. The standard InChI is InChI=1S/C23H21ClN4O2S/c1-28(2)17-11-9-16(10-12-17)14-21(23(30)27-25-15-18-6-5-13-31-18)26-22(29)19-7-3-4-8-20(19)24/h3-15H,1-2H3,(H,26,29)(H,27,30)/b21-14+,25-15-. The summed E-state index contributed by atoms with van der Waals surface area (Å²) in [4.78, 5) is 28.3. The van der Waals surface area contributed by atoms with Crippen molar-refractivity contribution in [1.29, 1.82) is 0 Å². The number of nitrogens with one attached hydrogen (secondary N) is 2. The summed E-state index contributed by atoms with van der Waals surface area (Å²) in [5.74, 6) is -1.04. The zero-order chi connectivity index (χ0) is 22.2. The molecule has 158 valence electrons. The number of benzene rings is 2. The predicted molar refractivity (Wildman–Crippen MR) is 128 cm³/mol. The SMILES string of the molecule is CN(C)c1ccc(/C=C(/NC(=O)c2ccccc2Cl)C(=O)N/N=C\c2cccs2)cc1. The molecular formula is C23H21ClN4O2S. The predicted octanol–water partition coefficient (Wildman–Crippen LogP) is 4.39. The second kappa shape index (κ2) is 10.6. The lowest BCUT2D eigenvalue weighted by molar-refractivity contribution is -0.117. The highest BCUT2D eigenvalue weighted by atomic mass is 35.5. The van der Waals surface area contributed by atoms with Crippen molar-refractivity contribution in [3.8, 4) is 0 Å². The number of thiophene rings is 1. The minimum Gasteiger partial charge on any atom is -0.378 e. The Bertz CT molecular complexity index is 1110. The lowest BCUT2D eigenvalue weighted by Gasteiger charge is -2.13. The first-order valence-electron chi connectivity index (χ1n) is 9.36. The van der Waals surface area contributed by atoms with Crippen LogP contribution in [-0.2, 0) is 4.79 Å². The maximum Gasteiger partial charge on any atom is 0.287 e. The zero-order valence-corrected chi connectivity index (χ0v) is 18.6. The molecule has 1 aromatic heterocycles. The Balaban J connectivity index is 1.84. The van der Waals surface area contributed by atoms with Crippen LogP contribution in [-0.4, -0.2) is 32.1 Å². The van der Waals surface area contributed by atoms with E-state index in [-0.39, 0.29) is 11.3 Å². The highest BCUT2D eigenvalue weighted by Crippen LogP contribution is 2.17. The Morgan fingerprint density at radius 1 is 1.03 bits per heavy atom. The summed E-state index contributed by atoms with van der Waals surface area (Å²) in [6.45, 7) is 0. The van der Waals surface area contributed by atoms with Crippen LogP contribution in [0.1, 0.15) is 20.8 Å². The Labute approximate surface area is 189 Å². The van der Waals surface area contributed by atoms with Gasteiger partial charge in [-0.15, -0.1) is 11.3 Å². The number of carbonyl (C=O) groups is 2. The van der Waals surface area contributed by atoms with E-state index in [1.165, 1.54) is 11.3 Å². The van der Waals surface area contributed by atoms with Crippen LogP contribution in [0, 0.1) is 0 Å². The highest BCUT2D eigenvalue weighted by molar-refractivity contribution is 7.11. The van der Waals surface area contributed by atoms with Crippen molar-refractivity contribution in [2.24, 2.45) is 5.10 Å². The molecule has 2 aromatic carbocycles. The quantitative estimate of drug-likeness (QED) is 0.317. The van der Waals surface area contributed by atoms with Crippen molar-refractivity contribution in [3.63, 3.8) is 0 Å². The topological polar surface area (TPSA) is 73.8 Å². The third-order valence-electron chi connectivity index (χ3n) is 4.23. The molecule has 6 nitrogen and oxygen atoms in total. The lowest BCUT2D eigenvalue weighted by Crippen LogP contribution is -2.33. The van der Waals surface area contributed by atoms with E-state index in [4.69, 9.17) is 11.6 Å². The van der Waals surface area contributed by atoms with Crippen LogP contribution in [0.2, 0.25) is 5.02 Å². The molecule has 31 heavy (non-hydrogen) atoms. The Morgan fingerprint density at radius 3 is 2.42 bits per heavy atom. The van der Waals surface area contributed by atoms with Crippen LogP contribution < -0.4 is 15.6 Å². The normalized spacial score (nSPS) is 11.4. The number of hydrazone groups is 1. The van der Waals surface area contributed by atoms with Gasteiger partial charge in [0.15, 0.2) is 0 Å². The van der Waals surface area contributed by atoms with Gasteiger partial charge < -0.3 is 10.2 Å². The molecule has 0 fully saturated rings. The Morgan fingerprint density at radius 2 is 1.77 bits per heavy atom. The molecule has 0 bridgehead atoms. The second-order valence-electron chi connectivity index (χ2n) is 6.69. The Kier molecular flexibility index (Phi) is 7.59. The molecule has 8 heteroatoms. The van der Waals surface area contributed by atoms with Gasteiger partial charge in [-0.2, -0.15) is 5.10 Å². The van der Waals surface area contributed by atoms with Gasteiger partial charge in [0, 0.05) is 24.7 Å². The molecule has 0 aliphatic rings. The molecule has 3 aromatic rings. The molecule has 2 amide bonds. The van der Waals surface area contributed by atoms with Gasteiger partial charge in [0.05, 0.1) is 16.8 Å². The third-order valence-corrected chi connectivity index (χ3v) is 5.37.